The van der Waals surface area contributed by atoms with Crippen molar-refractivity contribution in [2.24, 2.45) is 5.92 Å². The van der Waals surface area contributed by atoms with Crippen LogP contribution in [0.1, 0.15) is 136 Å². The number of quaternary nitrogens is 1. The van der Waals surface area contributed by atoms with Gasteiger partial charge in [-0.2, -0.15) is 0 Å². The first-order valence-electron chi connectivity index (χ1n) is 21.1. The van der Waals surface area contributed by atoms with Crippen molar-refractivity contribution in [3.8, 4) is 0 Å². The van der Waals surface area contributed by atoms with Crippen LogP contribution in [0.5, 0.6) is 0 Å². The van der Waals surface area contributed by atoms with Crippen LogP contribution in [-0.4, -0.2) is 115 Å². The summed E-state index contributed by atoms with van der Waals surface area (Å²) in [5.74, 6) is -1.31. The van der Waals surface area contributed by atoms with Crippen LogP contribution in [0.15, 0.2) is 36.5 Å². The van der Waals surface area contributed by atoms with E-state index in [1.54, 1.807) is 12.2 Å². The Morgan fingerprint density at radius 2 is 1.46 bits per heavy atom. The van der Waals surface area contributed by atoms with Crippen LogP contribution < -0.4 is 0 Å². The highest BCUT2D eigenvalue weighted by molar-refractivity contribution is 7.47. The predicted molar refractivity (Wildman–Crippen MR) is 218 cm³/mol. The molecule has 0 radical (unpaired) electrons. The van der Waals surface area contributed by atoms with E-state index in [1.807, 2.05) is 33.3 Å². The minimum Gasteiger partial charge on any atom is -0.462 e. The molecule has 2 unspecified atom stereocenters. The Morgan fingerprint density at radius 1 is 0.821 bits per heavy atom. The summed E-state index contributed by atoms with van der Waals surface area (Å²) >= 11 is 0. The second-order valence-electron chi connectivity index (χ2n) is 15.9. The highest BCUT2D eigenvalue weighted by Gasteiger charge is 2.35. The van der Waals surface area contributed by atoms with Crippen LogP contribution >= 0.6 is 7.82 Å². The van der Waals surface area contributed by atoms with Crippen molar-refractivity contribution >= 4 is 19.8 Å². The lowest BCUT2D eigenvalue weighted by Crippen LogP contribution is -2.43. The first-order valence-corrected chi connectivity index (χ1v) is 22.6. The average Bonchev–Trinajstić information content (AvgIpc) is 3.12. The molecular formula is C42H77NO12P+. The number of nitrogens with zero attached hydrogens (tertiary/aromatic N) is 1. The number of unbranched alkanes of at least 4 members (excludes halogenated alkanes) is 10. The standard InChI is InChI=1S/C42H76NO12P/c1-6-8-10-11-12-13-14-15-16-17-23-27-41(47)54-36(34-53-56(49,50)52-31-30-43(3,4)5)33-51-40(46)26-22-19-18-21-25-37-38(45)32-42(48)55-39(37)29-28-35(44)24-20-9-7-2/h11-12,18,21,28-29,35-39,42,44-45,48H,6-10,13-17,19-20,22-27,30-34H2,1-5H3/p+1/b12-11-,21-18-,29-28+/t35-,36+,37-,38-,39+,42?/m0/s1. The molecule has 326 valence electrons. The van der Waals surface area contributed by atoms with E-state index in [-0.39, 0.29) is 38.4 Å². The van der Waals surface area contributed by atoms with Crippen LogP contribution in [0.2, 0.25) is 0 Å². The number of carbonyl (C=O) groups is 2. The summed E-state index contributed by atoms with van der Waals surface area (Å²) < 4.78 is 39.8. The molecule has 0 aliphatic carbocycles. The number of phosphoric acid groups is 1. The molecule has 56 heavy (non-hydrogen) atoms. The zero-order valence-electron chi connectivity index (χ0n) is 35.1. The van der Waals surface area contributed by atoms with Gasteiger partial charge in [-0.1, -0.05) is 102 Å². The molecule has 4 N–H and O–H groups in total. The van der Waals surface area contributed by atoms with Gasteiger partial charge in [-0.05, 0) is 51.4 Å². The summed E-state index contributed by atoms with van der Waals surface area (Å²) in [5, 5.41) is 30.9. The van der Waals surface area contributed by atoms with Crippen molar-refractivity contribution in [2.45, 2.75) is 167 Å². The second-order valence-corrected chi connectivity index (χ2v) is 17.3. The van der Waals surface area contributed by atoms with Gasteiger partial charge in [0.1, 0.15) is 19.8 Å². The first-order chi connectivity index (χ1) is 26.7. The van der Waals surface area contributed by atoms with E-state index in [0.29, 0.717) is 43.1 Å². The monoisotopic (exact) mass is 819 g/mol. The smallest absolute Gasteiger partial charge is 0.462 e. The predicted octanol–water partition coefficient (Wildman–Crippen LogP) is 7.46. The van der Waals surface area contributed by atoms with Crippen LogP contribution in [0.4, 0.5) is 0 Å². The summed E-state index contributed by atoms with van der Waals surface area (Å²) in [4.78, 5) is 35.5. The van der Waals surface area contributed by atoms with Crippen LogP contribution in [-0.2, 0) is 37.4 Å². The number of carbonyl (C=O) groups excluding carboxylic acids is 2. The largest absolute Gasteiger partial charge is 0.472 e. The molecule has 1 aliphatic heterocycles. The van der Waals surface area contributed by atoms with Gasteiger partial charge in [0, 0.05) is 25.2 Å². The lowest BCUT2D eigenvalue weighted by Gasteiger charge is -2.36. The first kappa shape index (κ1) is 52.1. The van der Waals surface area contributed by atoms with Crippen molar-refractivity contribution < 1.29 is 62.1 Å². The molecule has 1 saturated heterocycles. The Kier molecular flexibility index (Phi) is 28.9. The molecule has 0 amide bonds. The van der Waals surface area contributed by atoms with Gasteiger partial charge < -0.3 is 38.9 Å². The van der Waals surface area contributed by atoms with Gasteiger partial charge in [0.15, 0.2) is 12.4 Å². The molecule has 0 aromatic heterocycles. The topological polar surface area (TPSA) is 178 Å². The Hall–Kier alpha value is -1.93. The molecule has 7 atom stereocenters. The minimum absolute atomic E-state index is 0.0145. The highest BCUT2D eigenvalue weighted by Crippen LogP contribution is 2.43. The van der Waals surface area contributed by atoms with Crippen molar-refractivity contribution in [3.63, 3.8) is 0 Å². The molecule has 1 fully saturated rings. The third kappa shape index (κ3) is 28.5. The number of ether oxygens (including phenoxy) is 3. The molecule has 0 aromatic carbocycles. The maximum atomic E-state index is 12.7. The second kappa shape index (κ2) is 31.1. The minimum atomic E-state index is -4.44. The summed E-state index contributed by atoms with van der Waals surface area (Å²) in [5.41, 5.74) is 0. The normalized spacial score (nSPS) is 21.4. The summed E-state index contributed by atoms with van der Waals surface area (Å²) in [6, 6.07) is 0. The lowest BCUT2D eigenvalue weighted by atomic mass is 9.87. The van der Waals surface area contributed by atoms with E-state index in [9.17, 15) is 34.4 Å². The fraction of sp³-hybridized carbons (Fsp3) is 0.810. The fourth-order valence-corrected chi connectivity index (χ4v) is 6.72. The van der Waals surface area contributed by atoms with E-state index < -0.39 is 57.1 Å². The fourth-order valence-electron chi connectivity index (χ4n) is 5.97. The van der Waals surface area contributed by atoms with E-state index in [0.717, 1.165) is 57.8 Å². The number of hydrogen-bond donors (Lipinski definition) is 4. The van der Waals surface area contributed by atoms with E-state index in [1.165, 1.54) is 12.8 Å². The SMILES string of the molecule is CCCC/C=C\CCCCCCCC(=O)O[C@H](COC(=O)CCC/C=C\C[C@H]1[C@@H](O)CC(O)O[C@@H]1/C=C/[C@@H](O)CCCCC)COP(=O)(O)OCC[N+](C)(C)C. The summed E-state index contributed by atoms with van der Waals surface area (Å²) in [6.07, 6.45) is 22.5. The highest BCUT2D eigenvalue weighted by atomic mass is 31.2. The Morgan fingerprint density at radius 3 is 2.18 bits per heavy atom. The lowest BCUT2D eigenvalue weighted by molar-refractivity contribution is -0.870. The number of aliphatic hydroxyl groups excluding tert-OH is 3. The number of aliphatic hydroxyl groups is 3. The average molecular weight is 819 g/mol. The van der Waals surface area contributed by atoms with Gasteiger partial charge in [0.2, 0.25) is 0 Å². The van der Waals surface area contributed by atoms with Crippen LogP contribution in [0, 0.1) is 5.92 Å². The molecule has 0 saturated carbocycles. The number of hydrogen-bond acceptors (Lipinski definition) is 11. The summed E-state index contributed by atoms with van der Waals surface area (Å²) in [7, 11) is 1.32. The van der Waals surface area contributed by atoms with E-state index >= 15 is 0 Å². The van der Waals surface area contributed by atoms with Crippen molar-refractivity contribution in [2.75, 3.05) is 47.5 Å². The van der Waals surface area contributed by atoms with E-state index in [2.05, 4.69) is 26.0 Å². The molecular weight excluding hydrogens is 741 g/mol. The molecule has 0 bridgehead atoms. The molecule has 1 rings (SSSR count). The Balaban J connectivity index is 2.57. The van der Waals surface area contributed by atoms with Crippen LogP contribution in [0.3, 0.4) is 0 Å². The number of rotatable bonds is 33. The zero-order valence-corrected chi connectivity index (χ0v) is 36.0. The van der Waals surface area contributed by atoms with Crippen LogP contribution in [0.25, 0.3) is 0 Å². The molecule has 0 spiro atoms. The van der Waals surface area contributed by atoms with Gasteiger partial charge in [-0.3, -0.25) is 18.6 Å². The third-order valence-corrected chi connectivity index (χ3v) is 10.4. The number of phosphoric ester groups is 1. The maximum absolute atomic E-state index is 12.7. The number of likely N-dealkylation sites (N-methyl/N-ethyl adjacent to an activating group) is 1. The zero-order chi connectivity index (χ0) is 41.7. The van der Waals surface area contributed by atoms with Gasteiger partial charge in [-0.25, -0.2) is 4.57 Å². The van der Waals surface area contributed by atoms with Crippen molar-refractivity contribution in [1.29, 1.82) is 0 Å². The Labute approximate surface area is 337 Å². The van der Waals surface area contributed by atoms with E-state index in [4.69, 9.17) is 23.3 Å². The number of esters is 2. The molecule has 13 nitrogen and oxygen atoms in total. The van der Waals surface area contributed by atoms with Crippen molar-refractivity contribution in [1.82, 2.24) is 0 Å². The van der Waals surface area contributed by atoms with Gasteiger partial charge in [0.05, 0.1) is 46.1 Å². The van der Waals surface area contributed by atoms with Gasteiger partial charge in [0.25, 0.3) is 0 Å². The number of allylic oxidation sites excluding steroid dienone is 4. The Bertz CT molecular complexity index is 1170. The van der Waals surface area contributed by atoms with Crippen molar-refractivity contribution in [3.05, 3.63) is 36.5 Å². The summed E-state index contributed by atoms with van der Waals surface area (Å²) in [6.45, 7) is 3.93. The maximum Gasteiger partial charge on any atom is 0.472 e. The molecule has 1 aliphatic rings. The van der Waals surface area contributed by atoms with Gasteiger partial charge >= 0.3 is 19.8 Å². The molecule has 1 heterocycles. The third-order valence-electron chi connectivity index (χ3n) is 9.44. The van der Waals surface area contributed by atoms with Gasteiger partial charge in [-0.15, -0.1) is 0 Å². The molecule has 14 heteroatoms. The molecule has 0 aromatic rings. The quantitative estimate of drug-likeness (QED) is 0.0169.